The Labute approximate surface area is 255 Å². The molecule has 0 atom stereocenters. The fraction of sp³-hybridized carbons (Fsp3) is 0.294. The lowest BCUT2D eigenvalue weighted by Crippen LogP contribution is -2.40. The Morgan fingerprint density at radius 2 is 1.75 bits per heavy atom. The van der Waals surface area contributed by atoms with Gasteiger partial charge in [-0.1, -0.05) is 37.6 Å². The number of hydrogen-bond donors (Lipinski definition) is 3. The number of halogens is 1. The first-order valence-corrected chi connectivity index (χ1v) is 14.9. The molecule has 0 unspecified atom stereocenters. The van der Waals surface area contributed by atoms with Crippen molar-refractivity contribution in [3.8, 4) is 11.3 Å². The van der Waals surface area contributed by atoms with E-state index in [1.54, 1.807) is 54.4 Å². The summed E-state index contributed by atoms with van der Waals surface area (Å²) >= 11 is 0. The fourth-order valence-electron chi connectivity index (χ4n) is 5.24. The van der Waals surface area contributed by atoms with Crippen molar-refractivity contribution in [3.63, 3.8) is 0 Å². The molecule has 0 spiro atoms. The average Bonchev–Trinajstić information content (AvgIpc) is 3.03. The lowest BCUT2D eigenvalue weighted by atomic mass is 10.0. The molecule has 0 radical (unpaired) electrons. The van der Waals surface area contributed by atoms with Crippen molar-refractivity contribution in [3.05, 3.63) is 106 Å². The molecule has 9 nitrogen and oxygen atoms in total. The van der Waals surface area contributed by atoms with Gasteiger partial charge < -0.3 is 25.2 Å². The molecular formula is C34H36FN5O4. The van der Waals surface area contributed by atoms with E-state index in [-0.39, 0.29) is 34.8 Å². The zero-order valence-corrected chi connectivity index (χ0v) is 24.8. The summed E-state index contributed by atoms with van der Waals surface area (Å²) in [5, 5.41) is 15.4. The van der Waals surface area contributed by atoms with E-state index in [1.807, 2.05) is 12.1 Å². The fourth-order valence-corrected chi connectivity index (χ4v) is 5.24. The first-order valence-electron chi connectivity index (χ1n) is 14.9. The number of hydrogen-bond acceptors (Lipinski definition) is 6. The maximum absolute atomic E-state index is 15.8. The SMILES string of the molecule is CCCCc1ccccc1C(=O)Nc1cccc(-c2cn(C)c(=O)c(Nc3ccc(C(=O)N4CCC(O)CC4)cc3)n2)c1F. The molecule has 2 heterocycles. The van der Waals surface area contributed by atoms with Crippen LogP contribution in [0.4, 0.5) is 21.6 Å². The predicted molar refractivity (Wildman–Crippen MR) is 169 cm³/mol. The zero-order valence-electron chi connectivity index (χ0n) is 24.8. The number of aliphatic hydroxyl groups excluding tert-OH is 1. The van der Waals surface area contributed by atoms with Crippen molar-refractivity contribution in [2.24, 2.45) is 7.05 Å². The van der Waals surface area contributed by atoms with Gasteiger partial charge in [-0.2, -0.15) is 0 Å². The van der Waals surface area contributed by atoms with E-state index < -0.39 is 17.3 Å². The Bertz CT molecular complexity index is 1710. The van der Waals surface area contributed by atoms with Crippen LogP contribution in [0.25, 0.3) is 11.3 Å². The van der Waals surface area contributed by atoms with E-state index in [0.29, 0.717) is 42.7 Å². The third-order valence-corrected chi connectivity index (χ3v) is 7.80. The number of nitrogens with zero attached hydrogens (tertiary/aromatic N) is 3. The summed E-state index contributed by atoms with van der Waals surface area (Å²) in [6, 6.07) is 18.6. The van der Waals surface area contributed by atoms with E-state index in [2.05, 4.69) is 22.5 Å². The Balaban J connectivity index is 1.36. The molecular weight excluding hydrogens is 561 g/mol. The van der Waals surface area contributed by atoms with Crippen molar-refractivity contribution in [1.82, 2.24) is 14.5 Å². The summed E-state index contributed by atoms with van der Waals surface area (Å²) in [5.74, 6) is -1.21. The third kappa shape index (κ3) is 6.86. The summed E-state index contributed by atoms with van der Waals surface area (Å²) < 4.78 is 17.1. The van der Waals surface area contributed by atoms with E-state index in [9.17, 15) is 19.5 Å². The van der Waals surface area contributed by atoms with Crippen LogP contribution in [0.5, 0.6) is 0 Å². The topological polar surface area (TPSA) is 117 Å². The van der Waals surface area contributed by atoms with Gasteiger partial charge in [-0.3, -0.25) is 14.4 Å². The Kier molecular flexibility index (Phi) is 9.50. The van der Waals surface area contributed by atoms with Crippen molar-refractivity contribution < 1.29 is 19.1 Å². The van der Waals surface area contributed by atoms with Crippen molar-refractivity contribution in [1.29, 1.82) is 0 Å². The monoisotopic (exact) mass is 597 g/mol. The minimum absolute atomic E-state index is 0.00595. The van der Waals surface area contributed by atoms with Gasteiger partial charge in [0.2, 0.25) is 0 Å². The number of carbonyl (C=O) groups excluding carboxylic acids is 2. The zero-order chi connectivity index (χ0) is 31.2. The number of amides is 2. The summed E-state index contributed by atoms with van der Waals surface area (Å²) in [7, 11) is 1.55. The molecule has 1 fully saturated rings. The molecule has 5 rings (SSSR count). The Hall–Kier alpha value is -4.83. The number of aryl methyl sites for hydroxylation is 2. The molecule has 1 aliphatic rings. The van der Waals surface area contributed by atoms with Crippen molar-refractivity contribution in [2.45, 2.75) is 45.1 Å². The van der Waals surface area contributed by atoms with Gasteiger partial charge in [0.25, 0.3) is 17.4 Å². The molecule has 1 saturated heterocycles. The van der Waals surface area contributed by atoms with Crippen LogP contribution in [0, 0.1) is 5.82 Å². The van der Waals surface area contributed by atoms with Gasteiger partial charge in [-0.05, 0) is 73.7 Å². The van der Waals surface area contributed by atoms with Gasteiger partial charge in [0.1, 0.15) is 0 Å². The molecule has 44 heavy (non-hydrogen) atoms. The highest BCUT2D eigenvalue weighted by atomic mass is 19.1. The molecule has 1 aliphatic heterocycles. The number of aliphatic hydroxyl groups is 1. The smallest absolute Gasteiger partial charge is 0.293 e. The number of anilines is 3. The number of benzene rings is 3. The van der Waals surface area contributed by atoms with Crippen LogP contribution >= 0.6 is 0 Å². The molecule has 3 aromatic carbocycles. The highest BCUT2D eigenvalue weighted by molar-refractivity contribution is 6.05. The largest absolute Gasteiger partial charge is 0.393 e. The molecule has 1 aromatic heterocycles. The lowest BCUT2D eigenvalue weighted by Gasteiger charge is -2.29. The van der Waals surface area contributed by atoms with Gasteiger partial charge in [-0.25, -0.2) is 9.37 Å². The first-order chi connectivity index (χ1) is 21.2. The van der Waals surface area contributed by atoms with Crippen LogP contribution in [0.3, 0.4) is 0 Å². The van der Waals surface area contributed by atoms with Crippen molar-refractivity contribution in [2.75, 3.05) is 23.7 Å². The molecule has 0 saturated carbocycles. The normalized spacial score (nSPS) is 13.5. The minimum atomic E-state index is -0.669. The number of carbonyl (C=O) groups is 2. The molecule has 4 aromatic rings. The van der Waals surface area contributed by atoms with Crippen LogP contribution in [0.15, 0.2) is 77.7 Å². The Morgan fingerprint density at radius 3 is 2.48 bits per heavy atom. The van der Waals surface area contributed by atoms with Gasteiger partial charge in [-0.15, -0.1) is 0 Å². The highest BCUT2D eigenvalue weighted by Crippen LogP contribution is 2.28. The number of piperidine rings is 1. The molecule has 0 bridgehead atoms. The summed E-state index contributed by atoms with van der Waals surface area (Å²) in [5.41, 5.74) is 2.33. The van der Waals surface area contributed by atoms with Crippen LogP contribution < -0.4 is 16.2 Å². The third-order valence-electron chi connectivity index (χ3n) is 7.80. The van der Waals surface area contributed by atoms with Crippen LogP contribution in [0.1, 0.15) is 58.9 Å². The van der Waals surface area contributed by atoms with Gasteiger partial charge >= 0.3 is 0 Å². The summed E-state index contributed by atoms with van der Waals surface area (Å²) in [6.07, 6.45) is 4.86. The van der Waals surface area contributed by atoms with Crippen LogP contribution in [-0.2, 0) is 13.5 Å². The molecule has 10 heteroatoms. The second kappa shape index (κ2) is 13.6. The van der Waals surface area contributed by atoms with E-state index in [4.69, 9.17) is 0 Å². The summed E-state index contributed by atoms with van der Waals surface area (Å²) in [6.45, 7) is 3.09. The van der Waals surface area contributed by atoms with E-state index >= 15 is 4.39 Å². The molecule has 228 valence electrons. The number of unbranched alkanes of at least 4 members (excludes halogenated alkanes) is 1. The van der Waals surface area contributed by atoms with Gasteiger partial charge in [0.15, 0.2) is 11.6 Å². The maximum Gasteiger partial charge on any atom is 0.293 e. The van der Waals surface area contributed by atoms with Gasteiger partial charge in [0.05, 0.1) is 17.5 Å². The minimum Gasteiger partial charge on any atom is -0.393 e. The molecule has 0 aliphatic carbocycles. The quantitative estimate of drug-likeness (QED) is 0.234. The van der Waals surface area contributed by atoms with Crippen LogP contribution in [-0.4, -0.2) is 50.6 Å². The van der Waals surface area contributed by atoms with E-state index in [0.717, 1.165) is 24.8 Å². The predicted octanol–water partition coefficient (Wildman–Crippen LogP) is 5.52. The highest BCUT2D eigenvalue weighted by Gasteiger charge is 2.22. The summed E-state index contributed by atoms with van der Waals surface area (Å²) in [4.78, 5) is 45.1. The number of aromatic nitrogens is 2. The lowest BCUT2D eigenvalue weighted by molar-refractivity contribution is 0.0546. The van der Waals surface area contributed by atoms with Crippen LogP contribution in [0.2, 0.25) is 0 Å². The number of likely N-dealkylation sites (tertiary alicyclic amines) is 1. The average molecular weight is 598 g/mol. The van der Waals surface area contributed by atoms with Crippen molar-refractivity contribution >= 4 is 29.0 Å². The molecule has 3 N–H and O–H groups in total. The second-order valence-electron chi connectivity index (χ2n) is 11.0. The van der Waals surface area contributed by atoms with Gasteiger partial charge in [0, 0.05) is 48.7 Å². The number of nitrogens with one attached hydrogen (secondary N) is 2. The van der Waals surface area contributed by atoms with E-state index in [1.165, 1.54) is 22.9 Å². The standard InChI is InChI=1S/C34H36FN5O4/c1-3-4-8-22-9-5-6-10-26(22)32(42)38-28-12-7-11-27(30(28)35)29-21-39(2)34(44)31(37-29)36-24-15-13-23(14-16-24)33(43)40-19-17-25(41)18-20-40/h5-7,9-16,21,25,41H,3-4,8,17-20H2,1-2H3,(H,36,37)(H,38,42). The number of rotatable bonds is 9. The maximum atomic E-state index is 15.8. The second-order valence-corrected chi connectivity index (χ2v) is 11.0. The molecule has 2 amide bonds. The Morgan fingerprint density at radius 1 is 1.02 bits per heavy atom. The first kappa shape index (κ1) is 30.6.